The predicted octanol–water partition coefficient (Wildman–Crippen LogP) is 2.45. The number of aryl methyl sites for hydroxylation is 1. The zero-order valence-electron chi connectivity index (χ0n) is 12.1. The molecule has 1 rings (SSSR count). The summed E-state index contributed by atoms with van der Waals surface area (Å²) in [5.41, 5.74) is 8.27. The first-order chi connectivity index (χ1) is 8.41. The van der Waals surface area contributed by atoms with Crippen LogP contribution in [0.4, 0.5) is 0 Å². The molecule has 108 valence electrons. The van der Waals surface area contributed by atoms with Gasteiger partial charge in [-0.1, -0.05) is 31.2 Å². The summed E-state index contributed by atoms with van der Waals surface area (Å²) >= 11 is 0. The third kappa shape index (κ3) is 5.62. The molecule has 0 fully saturated rings. The average Bonchev–Trinajstić information content (AvgIpc) is 2.30. The molecule has 0 bridgehead atoms. The van der Waals surface area contributed by atoms with Crippen molar-refractivity contribution >= 4 is 18.3 Å². The summed E-state index contributed by atoms with van der Waals surface area (Å²) in [7, 11) is 0. The lowest BCUT2D eigenvalue weighted by Crippen LogP contribution is -2.43. The van der Waals surface area contributed by atoms with Crippen molar-refractivity contribution in [3.63, 3.8) is 0 Å². The number of carbonyl (C=O) groups is 1. The van der Waals surface area contributed by atoms with Crippen LogP contribution in [0.1, 0.15) is 31.9 Å². The van der Waals surface area contributed by atoms with Crippen LogP contribution < -0.4 is 11.1 Å². The molecule has 0 spiro atoms. The van der Waals surface area contributed by atoms with Crippen LogP contribution in [-0.2, 0) is 11.2 Å². The summed E-state index contributed by atoms with van der Waals surface area (Å²) in [6, 6.07) is 8.26. The van der Waals surface area contributed by atoms with Crippen molar-refractivity contribution < 1.29 is 4.79 Å². The Labute approximate surface area is 122 Å². The second-order valence-electron chi connectivity index (χ2n) is 5.19. The highest BCUT2D eigenvalue weighted by Crippen LogP contribution is 2.10. The van der Waals surface area contributed by atoms with E-state index in [2.05, 4.69) is 24.4 Å². The molecule has 0 saturated carbocycles. The fourth-order valence-corrected chi connectivity index (χ4v) is 1.83. The summed E-state index contributed by atoms with van der Waals surface area (Å²) in [4.78, 5) is 11.9. The number of halogens is 1. The Kier molecular flexibility index (Phi) is 7.72. The Hall–Kier alpha value is -1.06. The molecule has 0 aromatic heterocycles. The van der Waals surface area contributed by atoms with Crippen LogP contribution in [0, 0.1) is 12.8 Å². The van der Waals surface area contributed by atoms with Gasteiger partial charge in [0.1, 0.15) is 0 Å². The lowest BCUT2D eigenvalue weighted by atomic mass is 10.00. The maximum absolute atomic E-state index is 11.9. The van der Waals surface area contributed by atoms with Gasteiger partial charge in [-0.2, -0.15) is 0 Å². The van der Waals surface area contributed by atoms with E-state index >= 15 is 0 Å². The summed E-state index contributed by atoms with van der Waals surface area (Å²) in [6.45, 7) is 7.84. The Bertz CT molecular complexity index is 407. The van der Waals surface area contributed by atoms with Gasteiger partial charge < -0.3 is 11.1 Å². The third-order valence-corrected chi connectivity index (χ3v) is 3.38. The Morgan fingerprint density at radius 2 is 1.84 bits per heavy atom. The lowest BCUT2D eigenvalue weighted by molar-refractivity contribution is -0.125. The second kappa shape index (κ2) is 8.18. The minimum Gasteiger partial charge on any atom is -0.353 e. The third-order valence-electron chi connectivity index (χ3n) is 3.38. The summed E-state index contributed by atoms with van der Waals surface area (Å²) < 4.78 is 0. The van der Waals surface area contributed by atoms with E-state index in [-0.39, 0.29) is 36.3 Å². The molecule has 0 aliphatic heterocycles. The highest BCUT2D eigenvalue weighted by atomic mass is 35.5. The van der Waals surface area contributed by atoms with E-state index < -0.39 is 0 Å². The zero-order valence-corrected chi connectivity index (χ0v) is 13.0. The van der Waals surface area contributed by atoms with Crippen LogP contribution in [0.3, 0.4) is 0 Å². The van der Waals surface area contributed by atoms with E-state index in [1.165, 1.54) is 11.1 Å². The van der Waals surface area contributed by atoms with Gasteiger partial charge in [0.05, 0.1) is 0 Å². The van der Waals surface area contributed by atoms with Crippen LogP contribution in [0.5, 0.6) is 0 Å². The van der Waals surface area contributed by atoms with Gasteiger partial charge in [-0.25, -0.2) is 0 Å². The molecule has 3 atom stereocenters. The van der Waals surface area contributed by atoms with Gasteiger partial charge in [-0.15, -0.1) is 12.4 Å². The molecule has 0 aliphatic carbocycles. The minimum atomic E-state index is -0.149. The number of amides is 1. The molecule has 3 N–H and O–H groups in total. The van der Waals surface area contributed by atoms with E-state index in [9.17, 15) is 4.79 Å². The lowest BCUT2D eigenvalue weighted by Gasteiger charge is -2.20. The molecular weight excluding hydrogens is 260 g/mol. The molecule has 0 aliphatic rings. The van der Waals surface area contributed by atoms with E-state index in [0.717, 1.165) is 6.42 Å². The van der Waals surface area contributed by atoms with Crippen molar-refractivity contribution in [2.45, 2.75) is 46.2 Å². The number of hydrogen-bond acceptors (Lipinski definition) is 2. The molecular formula is C15H25ClN2O. The van der Waals surface area contributed by atoms with Crippen molar-refractivity contribution in [1.29, 1.82) is 0 Å². The van der Waals surface area contributed by atoms with Gasteiger partial charge in [-0.05, 0) is 38.3 Å². The summed E-state index contributed by atoms with van der Waals surface area (Å²) in [5.74, 6) is -0.115. The number of benzene rings is 1. The van der Waals surface area contributed by atoms with E-state index in [1.807, 2.05) is 32.9 Å². The van der Waals surface area contributed by atoms with Crippen LogP contribution >= 0.6 is 12.4 Å². The first-order valence-corrected chi connectivity index (χ1v) is 6.52. The minimum absolute atomic E-state index is 0. The molecule has 0 saturated heterocycles. The molecule has 19 heavy (non-hydrogen) atoms. The van der Waals surface area contributed by atoms with Gasteiger partial charge in [0.2, 0.25) is 5.91 Å². The van der Waals surface area contributed by atoms with Crippen molar-refractivity contribution in [2.24, 2.45) is 11.7 Å². The van der Waals surface area contributed by atoms with Crippen molar-refractivity contribution in [3.05, 3.63) is 35.4 Å². The SMILES string of the molecule is Cc1ccccc1CC(C)NC(=O)C(C)C(C)N.Cl. The molecule has 4 heteroatoms. The van der Waals surface area contributed by atoms with Gasteiger partial charge >= 0.3 is 0 Å². The quantitative estimate of drug-likeness (QED) is 0.873. The topological polar surface area (TPSA) is 55.1 Å². The number of nitrogens with one attached hydrogen (secondary N) is 1. The standard InChI is InChI=1S/C15H24N2O.ClH/c1-10-7-5-6-8-14(10)9-11(2)17-15(18)12(3)13(4)16;/h5-8,11-13H,9,16H2,1-4H3,(H,17,18);1H. The van der Waals surface area contributed by atoms with Crippen LogP contribution in [0.25, 0.3) is 0 Å². The van der Waals surface area contributed by atoms with Crippen molar-refractivity contribution in [3.8, 4) is 0 Å². The zero-order chi connectivity index (χ0) is 13.7. The maximum Gasteiger partial charge on any atom is 0.224 e. The van der Waals surface area contributed by atoms with E-state index in [1.54, 1.807) is 0 Å². The van der Waals surface area contributed by atoms with Gasteiger partial charge in [0, 0.05) is 18.0 Å². The molecule has 1 aromatic carbocycles. The van der Waals surface area contributed by atoms with E-state index in [4.69, 9.17) is 5.73 Å². The summed E-state index contributed by atoms with van der Waals surface area (Å²) in [6.07, 6.45) is 0.851. The van der Waals surface area contributed by atoms with Crippen LogP contribution in [0.15, 0.2) is 24.3 Å². The van der Waals surface area contributed by atoms with Crippen molar-refractivity contribution in [1.82, 2.24) is 5.32 Å². The Morgan fingerprint density at radius 3 is 2.37 bits per heavy atom. The van der Waals surface area contributed by atoms with Gasteiger partial charge in [0.15, 0.2) is 0 Å². The fraction of sp³-hybridized carbons (Fsp3) is 0.533. The number of nitrogens with two attached hydrogens (primary N) is 1. The van der Waals surface area contributed by atoms with Crippen LogP contribution in [-0.4, -0.2) is 18.0 Å². The fourth-order valence-electron chi connectivity index (χ4n) is 1.83. The Morgan fingerprint density at radius 1 is 1.26 bits per heavy atom. The normalized spacial score (nSPS) is 15.0. The molecule has 3 nitrogen and oxygen atoms in total. The number of carbonyl (C=O) groups excluding carboxylic acids is 1. The molecule has 1 amide bonds. The maximum atomic E-state index is 11.9. The molecule has 0 radical (unpaired) electrons. The van der Waals surface area contributed by atoms with Gasteiger partial charge in [-0.3, -0.25) is 4.79 Å². The highest BCUT2D eigenvalue weighted by Gasteiger charge is 2.18. The monoisotopic (exact) mass is 284 g/mol. The Balaban J connectivity index is 0.00000324. The first kappa shape index (κ1) is 17.9. The summed E-state index contributed by atoms with van der Waals surface area (Å²) in [5, 5.41) is 3.02. The van der Waals surface area contributed by atoms with Crippen LogP contribution in [0.2, 0.25) is 0 Å². The highest BCUT2D eigenvalue weighted by molar-refractivity contribution is 5.85. The van der Waals surface area contributed by atoms with E-state index in [0.29, 0.717) is 0 Å². The molecule has 0 heterocycles. The van der Waals surface area contributed by atoms with Gasteiger partial charge in [0.25, 0.3) is 0 Å². The molecule has 3 unspecified atom stereocenters. The molecule has 1 aromatic rings. The average molecular weight is 285 g/mol. The first-order valence-electron chi connectivity index (χ1n) is 6.52. The number of hydrogen-bond donors (Lipinski definition) is 2. The smallest absolute Gasteiger partial charge is 0.224 e. The van der Waals surface area contributed by atoms with Crippen molar-refractivity contribution in [2.75, 3.05) is 0 Å². The number of rotatable bonds is 5. The second-order valence-corrected chi connectivity index (χ2v) is 5.19. The predicted molar refractivity (Wildman–Crippen MR) is 82.5 cm³/mol. The largest absolute Gasteiger partial charge is 0.353 e.